The molecule has 0 unspecified atom stereocenters. The summed E-state index contributed by atoms with van der Waals surface area (Å²) in [4.78, 5) is 14.4. The molecule has 1 aliphatic heterocycles. The standard InChI is InChI=1S/C15H16BrN3O/c16-13-5-3-4-12(8-13)11-19-15(20)9-14(10-17-19)18-6-1-2-7-18/h3-5,8-10H,1-2,6-7,11H2. The van der Waals surface area contributed by atoms with Crippen LogP contribution < -0.4 is 10.5 Å². The maximum absolute atomic E-state index is 12.1. The summed E-state index contributed by atoms with van der Waals surface area (Å²) in [5.74, 6) is 0. The lowest BCUT2D eigenvalue weighted by Crippen LogP contribution is -2.26. The Labute approximate surface area is 126 Å². The SMILES string of the molecule is O=c1cc(N2CCCC2)cnn1Cc1cccc(Br)c1. The van der Waals surface area contributed by atoms with Crippen LogP contribution in [0.4, 0.5) is 5.69 Å². The predicted octanol–water partition coefficient (Wildman–Crippen LogP) is 2.65. The van der Waals surface area contributed by atoms with Crippen LogP contribution in [0.1, 0.15) is 18.4 Å². The Morgan fingerprint density at radius 1 is 1.20 bits per heavy atom. The molecule has 0 spiro atoms. The Balaban J connectivity index is 1.82. The molecule has 5 heteroatoms. The highest BCUT2D eigenvalue weighted by molar-refractivity contribution is 9.10. The average molecular weight is 334 g/mol. The zero-order valence-corrected chi connectivity index (χ0v) is 12.7. The van der Waals surface area contributed by atoms with E-state index in [-0.39, 0.29) is 5.56 Å². The van der Waals surface area contributed by atoms with E-state index in [1.807, 2.05) is 24.3 Å². The number of nitrogens with zero attached hydrogens (tertiary/aromatic N) is 3. The van der Waals surface area contributed by atoms with Crippen molar-refractivity contribution in [2.24, 2.45) is 0 Å². The number of anilines is 1. The lowest BCUT2D eigenvalue weighted by molar-refractivity contribution is 0.637. The van der Waals surface area contributed by atoms with Crippen molar-refractivity contribution >= 4 is 21.6 Å². The highest BCUT2D eigenvalue weighted by Gasteiger charge is 2.13. The van der Waals surface area contributed by atoms with E-state index in [0.717, 1.165) is 28.8 Å². The summed E-state index contributed by atoms with van der Waals surface area (Å²) in [6.07, 6.45) is 4.19. The summed E-state index contributed by atoms with van der Waals surface area (Å²) >= 11 is 3.44. The zero-order chi connectivity index (χ0) is 13.9. The molecular weight excluding hydrogens is 318 g/mol. The van der Waals surface area contributed by atoms with Gasteiger partial charge in [-0.25, -0.2) is 4.68 Å². The Morgan fingerprint density at radius 3 is 2.70 bits per heavy atom. The molecule has 2 aromatic rings. The lowest BCUT2D eigenvalue weighted by Gasteiger charge is -2.17. The number of aromatic nitrogens is 2. The second-order valence-electron chi connectivity index (χ2n) is 5.03. The molecule has 1 aromatic heterocycles. The molecule has 4 nitrogen and oxygen atoms in total. The van der Waals surface area contributed by atoms with Crippen molar-refractivity contribution in [1.29, 1.82) is 0 Å². The number of hydrogen-bond acceptors (Lipinski definition) is 3. The van der Waals surface area contributed by atoms with Gasteiger partial charge in [0.2, 0.25) is 0 Å². The van der Waals surface area contributed by atoms with E-state index in [4.69, 9.17) is 0 Å². The Bertz CT molecular complexity index is 662. The molecule has 0 atom stereocenters. The molecule has 104 valence electrons. The molecule has 0 bridgehead atoms. The summed E-state index contributed by atoms with van der Waals surface area (Å²) in [6.45, 7) is 2.55. The van der Waals surface area contributed by atoms with Crippen LogP contribution in [0.2, 0.25) is 0 Å². The van der Waals surface area contributed by atoms with Crippen molar-refractivity contribution in [2.45, 2.75) is 19.4 Å². The molecule has 0 aliphatic carbocycles. The molecule has 2 heterocycles. The number of hydrogen-bond donors (Lipinski definition) is 0. The molecule has 1 aromatic carbocycles. The fraction of sp³-hybridized carbons (Fsp3) is 0.333. The molecule has 1 aliphatic rings. The van der Waals surface area contributed by atoms with Crippen LogP contribution in [0.25, 0.3) is 0 Å². The van der Waals surface area contributed by atoms with Gasteiger partial charge in [-0.2, -0.15) is 5.10 Å². The smallest absolute Gasteiger partial charge is 0.269 e. The normalized spacial score (nSPS) is 14.8. The number of halogens is 1. The van der Waals surface area contributed by atoms with Crippen LogP contribution >= 0.6 is 15.9 Å². The fourth-order valence-corrected chi connectivity index (χ4v) is 2.95. The monoisotopic (exact) mass is 333 g/mol. The topological polar surface area (TPSA) is 38.1 Å². The van der Waals surface area contributed by atoms with Gasteiger partial charge < -0.3 is 4.90 Å². The second-order valence-corrected chi connectivity index (χ2v) is 5.95. The first-order valence-corrected chi connectivity index (χ1v) is 7.58. The first-order valence-electron chi connectivity index (χ1n) is 6.79. The minimum absolute atomic E-state index is 0.0469. The maximum atomic E-state index is 12.1. The van der Waals surface area contributed by atoms with E-state index < -0.39 is 0 Å². The van der Waals surface area contributed by atoms with Crippen LogP contribution in [-0.2, 0) is 6.54 Å². The summed E-state index contributed by atoms with van der Waals surface area (Å²) in [6, 6.07) is 9.62. The number of rotatable bonds is 3. The number of benzene rings is 1. The van der Waals surface area contributed by atoms with E-state index in [1.165, 1.54) is 17.5 Å². The van der Waals surface area contributed by atoms with E-state index in [9.17, 15) is 4.79 Å². The second kappa shape index (κ2) is 5.79. The van der Waals surface area contributed by atoms with Gasteiger partial charge in [0, 0.05) is 23.6 Å². The van der Waals surface area contributed by atoms with Gasteiger partial charge in [-0.15, -0.1) is 0 Å². The zero-order valence-electron chi connectivity index (χ0n) is 11.1. The molecule has 1 saturated heterocycles. The van der Waals surface area contributed by atoms with Gasteiger partial charge in [0.05, 0.1) is 18.4 Å². The summed E-state index contributed by atoms with van der Waals surface area (Å²) < 4.78 is 2.51. The van der Waals surface area contributed by atoms with Crippen molar-refractivity contribution in [3.05, 3.63) is 56.9 Å². The predicted molar refractivity (Wildman–Crippen MR) is 83.2 cm³/mol. The van der Waals surface area contributed by atoms with Crippen molar-refractivity contribution in [3.63, 3.8) is 0 Å². The first-order chi connectivity index (χ1) is 9.72. The summed E-state index contributed by atoms with van der Waals surface area (Å²) in [7, 11) is 0. The van der Waals surface area contributed by atoms with Crippen LogP contribution in [0, 0.1) is 0 Å². The highest BCUT2D eigenvalue weighted by atomic mass is 79.9. The minimum Gasteiger partial charge on any atom is -0.370 e. The van der Waals surface area contributed by atoms with Crippen molar-refractivity contribution in [1.82, 2.24) is 9.78 Å². The van der Waals surface area contributed by atoms with Crippen LogP contribution in [-0.4, -0.2) is 22.9 Å². The molecule has 0 radical (unpaired) electrons. The molecular formula is C15H16BrN3O. The van der Waals surface area contributed by atoms with Crippen molar-refractivity contribution in [3.8, 4) is 0 Å². The molecule has 0 N–H and O–H groups in total. The Morgan fingerprint density at radius 2 is 2.00 bits per heavy atom. The van der Waals surface area contributed by atoms with Gasteiger partial charge in [0.1, 0.15) is 0 Å². The van der Waals surface area contributed by atoms with Gasteiger partial charge in [-0.05, 0) is 30.5 Å². The van der Waals surface area contributed by atoms with Gasteiger partial charge in [-0.3, -0.25) is 4.79 Å². The molecule has 20 heavy (non-hydrogen) atoms. The van der Waals surface area contributed by atoms with Crippen molar-refractivity contribution < 1.29 is 0 Å². The maximum Gasteiger partial charge on any atom is 0.269 e. The van der Waals surface area contributed by atoms with Crippen LogP contribution in [0.5, 0.6) is 0 Å². The summed E-state index contributed by atoms with van der Waals surface area (Å²) in [5, 5.41) is 4.29. The third-order valence-corrected chi connectivity index (χ3v) is 4.04. The van der Waals surface area contributed by atoms with Gasteiger partial charge in [0.15, 0.2) is 0 Å². The average Bonchev–Trinajstić information content (AvgIpc) is 2.95. The largest absolute Gasteiger partial charge is 0.370 e. The third-order valence-electron chi connectivity index (χ3n) is 3.55. The molecule has 3 rings (SSSR count). The van der Waals surface area contributed by atoms with Gasteiger partial charge >= 0.3 is 0 Å². The van der Waals surface area contributed by atoms with E-state index >= 15 is 0 Å². The van der Waals surface area contributed by atoms with E-state index in [1.54, 1.807) is 12.3 Å². The van der Waals surface area contributed by atoms with E-state index in [2.05, 4.69) is 25.9 Å². The van der Waals surface area contributed by atoms with E-state index in [0.29, 0.717) is 6.54 Å². The molecule has 0 amide bonds. The molecule has 0 saturated carbocycles. The van der Waals surface area contributed by atoms with Crippen molar-refractivity contribution in [2.75, 3.05) is 18.0 Å². The van der Waals surface area contributed by atoms with Gasteiger partial charge in [-0.1, -0.05) is 28.1 Å². The third kappa shape index (κ3) is 2.93. The quantitative estimate of drug-likeness (QED) is 0.866. The lowest BCUT2D eigenvalue weighted by atomic mass is 10.2. The minimum atomic E-state index is -0.0469. The first kappa shape index (κ1) is 13.4. The van der Waals surface area contributed by atoms with Crippen LogP contribution in [0.15, 0.2) is 45.8 Å². The highest BCUT2D eigenvalue weighted by Crippen LogP contribution is 2.17. The Kier molecular flexibility index (Phi) is 3.87. The Hall–Kier alpha value is -1.62. The fourth-order valence-electron chi connectivity index (χ4n) is 2.50. The van der Waals surface area contributed by atoms with Gasteiger partial charge in [0.25, 0.3) is 5.56 Å². The van der Waals surface area contributed by atoms with Crippen LogP contribution in [0.3, 0.4) is 0 Å². The summed E-state index contributed by atoms with van der Waals surface area (Å²) in [5.41, 5.74) is 1.95. The molecule has 1 fully saturated rings.